The van der Waals surface area contributed by atoms with E-state index >= 15 is 0 Å². The topological polar surface area (TPSA) is 29.5 Å². The third kappa shape index (κ3) is 1.14. The van der Waals surface area contributed by atoms with Crippen LogP contribution in [0.1, 0.15) is 6.42 Å². The maximum atomic E-state index is 8.24. The fourth-order valence-electron chi connectivity index (χ4n) is 0.618. The first-order valence-corrected chi connectivity index (χ1v) is 2.53. The van der Waals surface area contributed by atoms with Gasteiger partial charge in [0.15, 0.2) is 0 Å². The van der Waals surface area contributed by atoms with Gasteiger partial charge in [0.05, 0.1) is 5.76 Å². The highest BCUT2D eigenvalue weighted by Crippen LogP contribution is 2.09. The summed E-state index contributed by atoms with van der Waals surface area (Å²) in [6.45, 7) is 0. The lowest BCUT2D eigenvalue weighted by Crippen LogP contribution is -1.94. The van der Waals surface area contributed by atoms with Crippen LogP contribution in [0.2, 0.25) is 0 Å². The van der Waals surface area contributed by atoms with Gasteiger partial charge in [-0.2, -0.15) is 0 Å². The van der Waals surface area contributed by atoms with Gasteiger partial charge in [-0.15, -0.1) is 0 Å². The van der Waals surface area contributed by atoms with Crippen molar-refractivity contribution < 1.29 is 9.68 Å². The van der Waals surface area contributed by atoms with Crippen molar-refractivity contribution in [2.24, 2.45) is 0 Å². The zero-order valence-electron chi connectivity index (χ0n) is 4.50. The summed E-state index contributed by atoms with van der Waals surface area (Å²) in [4.78, 5) is 0. The van der Waals surface area contributed by atoms with E-state index in [4.69, 9.17) is 9.68 Å². The molecule has 8 heavy (non-hydrogen) atoms. The maximum absolute atomic E-state index is 8.24. The Morgan fingerprint density at radius 3 is 3.12 bits per heavy atom. The quantitative estimate of drug-likeness (QED) is 0.511. The summed E-state index contributed by atoms with van der Waals surface area (Å²) in [6.07, 6.45) is 6.55. The highest BCUT2D eigenvalue weighted by atomic mass is 16.5. The monoisotopic (exact) mass is 110 g/mol. The van der Waals surface area contributed by atoms with Gasteiger partial charge >= 0.3 is 7.69 Å². The van der Waals surface area contributed by atoms with Gasteiger partial charge in [-0.1, -0.05) is 12.2 Å². The molecule has 0 saturated heterocycles. The molecule has 2 nitrogen and oxygen atoms in total. The Kier molecular flexibility index (Phi) is 1.75. The van der Waals surface area contributed by atoms with E-state index in [0.29, 0.717) is 0 Å². The largest absolute Gasteiger partial charge is 0.542 e. The highest BCUT2D eigenvalue weighted by Gasteiger charge is 1.97. The Balaban J connectivity index is 2.28. The minimum absolute atomic E-state index is 0.215. The third-order valence-electron chi connectivity index (χ3n) is 0.987. The maximum Gasteiger partial charge on any atom is 0.503 e. The average Bonchev–Trinajstić information content (AvgIpc) is 2.19. The van der Waals surface area contributed by atoms with Crippen LogP contribution < -0.4 is 0 Å². The van der Waals surface area contributed by atoms with Gasteiger partial charge in [0, 0.05) is 6.42 Å². The van der Waals surface area contributed by atoms with Gasteiger partial charge in [0.25, 0.3) is 0 Å². The number of rotatable bonds is 2. The molecule has 0 aromatic rings. The predicted octanol–water partition coefficient (Wildman–Crippen LogP) is 0.106. The molecule has 0 aliphatic heterocycles. The highest BCUT2D eigenvalue weighted by molar-refractivity contribution is 6.16. The smallest absolute Gasteiger partial charge is 0.503 e. The van der Waals surface area contributed by atoms with Gasteiger partial charge < -0.3 is 9.68 Å². The summed E-state index contributed by atoms with van der Waals surface area (Å²) in [7, 11) is -0.215. The summed E-state index contributed by atoms with van der Waals surface area (Å²) in [5.74, 6) is 0.840. The van der Waals surface area contributed by atoms with Crippen molar-refractivity contribution in [1.29, 1.82) is 0 Å². The SMILES string of the molecule is OBOC1=CC=CC1. The van der Waals surface area contributed by atoms with Gasteiger partial charge in [-0.05, 0) is 6.08 Å². The third-order valence-corrected chi connectivity index (χ3v) is 0.987. The van der Waals surface area contributed by atoms with Crippen molar-refractivity contribution in [1.82, 2.24) is 0 Å². The second-order valence-corrected chi connectivity index (χ2v) is 1.54. The molecule has 1 rings (SSSR count). The van der Waals surface area contributed by atoms with Crippen LogP contribution in [-0.4, -0.2) is 12.7 Å². The second kappa shape index (κ2) is 2.57. The minimum Gasteiger partial charge on any atom is -0.542 e. The van der Waals surface area contributed by atoms with E-state index in [-0.39, 0.29) is 7.69 Å². The van der Waals surface area contributed by atoms with Crippen LogP contribution >= 0.6 is 0 Å². The number of hydrogen-bond acceptors (Lipinski definition) is 2. The van der Waals surface area contributed by atoms with Crippen molar-refractivity contribution >= 4 is 7.69 Å². The predicted molar refractivity (Wildman–Crippen MR) is 32.3 cm³/mol. The molecule has 0 aromatic heterocycles. The molecule has 1 aliphatic carbocycles. The van der Waals surface area contributed by atoms with Crippen LogP contribution in [0.4, 0.5) is 0 Å². The first kappa shape index (κ1) is 5.44. The van der Waals surface area contributed by atoms with Gasteiger partial charge in [-0.3, -0.25) is 0 Å². The zero-order chi connectivity index (χ0) is 5.82. The van der Waals surface area contributed by atoms with E-state index in [9.17, 15) is 0 Å². The molecule has 0 atom stereocenters. The van der Waals surface area contributed by atoms with Crippen LogP contribution in [0, 0.1) is 0 Å². The molecule has 0 spiro atoms. The standard InChI is InChI=1S/C5H7BO2/c7-6-8-5-3-1-2-4-5/h1-3,6-7H,4H2. The molecule has 0 bridgehead atoms. The molecular weight excluding hydrogens is 103 g/mol. The molecule has 0 heterocycles. The molecule has 0 saturated carbocycles. The van der Waals surface area contributed by atoms with Crippen LogP contribution in [0.3, 0.4) is 0 Å². The van der Waals surface area contributed by atoms with E-state index < -0.39 is 0 Å². The Bertz CT molecular complexity index is 128. The van der Waals surface area contributed by atoms with Crippen molar-refractivity contribution in [3.63, 3.8) is 0 Å². The van der Waals surface area contributed by atoms with E-state index in [1.54, 1.807) is 0 Å². The molecule has 1 N–H and O–H groups in total. The number of hydrogen-bond donors (Lipinski definition) is 1. The van der Waals surface area contributed by atoms with Crippen molar-refractivity contribution in [3.8, 4) is 0 Å². The molecule has 3 heteroatoms. The van der Waals surface area contributed by atoms with Crippen molar-refractivity contribution in [2.75, 3.05) is 0 Å². The lowest BCUT2D eigenvalue weighted by molar-refractivity contribution is 0.365. The van der Waals surface area contributed by atoms with Gasteiger partial charge in [0.2, 0.25) is 0 Å². The van der Waals surface area contributed by atoms with Crippen LogP contribution in [0.25, 0.3) is 0 Å². The molecule has 0 aromatic carbocycles. The van der Waals surface area contributed by atoms with E-state index in [2.05, 4.69) is 0 Å². The molecule has 1 aliphatic rings. The summed E-state index contributed by atoms with van der Waals surface area (Å²) >= 11 is 0. The molecule has 0 amide bonds. The number of allylic oxidation sites excluding steroid dienone is 3. The summed E-state index contributed by atoms with van der Waals surface area (Å²) in [6, 6.07) is 0. The van der Waals surface area contributed by atoms with E-state index in [1.165, 1.54) is 0 Å². The van der Waals surface area contributed by atoms with E-state index in [1.807, 2.05) is 18.2 Å². The first-order valence-electron chi connectivity index (χ1n) is 2.53. The fraction of sp³-hybridized carbons (Fsp3) is 0.200. The lowest BCUT2D eigenvalue weighted by Gasteiger charge is -1.98. The van der Waals surface area contributed by atoms with Crippen LogP contribution in [0.5, 0.6) is 0 Å². The summed E-state index contributed by atoms with van der Waals surface area (Å²) < 4.78 is 4.76. The normalized spacial score (nSPS) is 15.9. The Hall–Kier alpha value is -0.695. The van der Waals surface area contributed by atoms with Crippen LogP contribution in [0.15, 0.2) is 24.0 Å². The molecule has 0 fully saturated rings. The Labute approximate surface area is 48.8 Å². The lowest BCUT2D eigenvalue weighted by atomic mass is 10.3. The molecular formula is C5H7BO2. The van der Waals surface area contributed by atoms with Gasteiger partial charge in [-0.25, -0.2) is 0 Å². The average molecular weight is 110 g/mol. The molecule has 0 radical (unpaired) electrons. The Morgan fingerprint density at radius 2 is 2.62 bits per heavy atom. The van der Waals surface area contributed by atoms with Crippen LogP contribution in [-0.2, 0) is 4.65 Å². The minimum atomic E-state index is -0.215. The Morgan fingerprint density at radius 1 is 1.75 bits per heavy atom. The summed E-state index contributed by atoms with van der Waals surface area (Å²) in [5.41, 5.74) is 0. The zero-order valence-corrected chi connectivity index (χ0v) is 4.50. The van der Waals surface area contributed by atoms with Crippen molar-refractivity contribution in [2.45, 2.75) is 6.42 Å². The first-order chi connectivity index (χ1) is 3.93. The molecule has 42 valence electrons. The van der Waals surface area contributed by atoms with Gasteiger partial charge in [0.1, 0.15) is 0 Å². The van der Waals surface area contributed by atoms with Crippen molar-refractivity contribution in [3.05, 3.63) is 24.0 Å². The molecule has 0 unspecified atom stereocenters. The fourth-order valence-corrected chi connectivity index (χ4v) is 0.618. The summed E-state index contributed by atoms with van der Waals surface area (Å²) in [5, 5.41) is 8.24. The second-order valence-electron chi connectivity index (χ2n) is 1.54. The van der Waals surface area contributed by atoms with E-state index in [0.717, 1.165) is 12.2 Å².